The first-order chi connectivity index (χ1) is 9.01. The molecule has 0 fully saturated rings. The second-order valence-electron chi connectivity index (χ2n) is 3.96. The van der Waals surface area contributed by atoms with Crippen LogP contribution in [-0.4, -0.2) is 19.1 Å². The second kappa shape index (κ2) is 5.83. The first-order valence-electron chi connectivity index (χ1n) is 5.49. The van der Waals surface area contributed by atoms with Gasteiger partial charge in [0.25, 0.3) is 0 Å². The Kier molecular flexibility index (Phi) is 4.36. The fraction of sp³-hybridized carbons (Fsp3) is 0.250. The summed E-state index contributed by atoms with van der Waals surface area (Å²) in [7, 11) is 3.26. The molecule has 1 N–H and O–H groups in total. The van der Waals surface area contributed by atoms with Gasteiger partial charge in [-0.1, -0.05) is 0 Å². The number of hydrogen-bond acceptors (Lipinski definition) is 4. The molecule has 2 rings (SSSR count). The van der Waals surface area contributed by atoms with E-state index in [0.29, 0.717) is 6.54 Å². The Balaban J connectivity index is 2.25. The molecule has 2 aromatic rings. The number of rotatable bonds is 4. The van der Waals surface area contributed by atoms with Crippen LogP contribution in [0.1, 0.15) is 4.88 Å². The van der Waals surface area contributed by atoms with Gasteiger partial charge in [0.2, 0.25) is 0 Å². The second-order valence-corrected chi connectivity index (χ2v) is 5.87. The predicted molar refractivity (Wildman–Crippen MR) is 77.8 cm³/mol. The average Bonchev–Trinajstić information content (AvgIpc) is 2.74. The highest BCUT2D eigenvalue weighted by Crippen LogP contribution is 2.25. The number of halogens is 3. The molecule has 0 radical (unpaired) electrons. The minimum Gasteiger partial charge on any atom is -0.371 e. The zero-order chi connectivity index (χ0) is 14.0. The number of anilines is 2. The van der Waals surface area contributed by atoms with E-state index in [9.17, 15) is 8.78 Å². The molecule has 0 aliphatic carbocycles. The number of hydrogen-bond donors (Lipinski definition) is 1. The molecular formula is C12H12BrF2N3S. The Morgan fingerprint density at radius 3 is 2.68 bits per heavy atom. The molecule has 0 saturated heterocycles. The number of thiophene rings is 1. The van der Waals surface area contributed by atoms with E-state index in [1.807, 2.05) is 11.4 Å². The molecule has 102 valence electrons. The minimum atomic E-state index is -0.698. The zero-order valence-electron chi connectivity index (χ0n) is 10.4. The average molecular weight is 348 g/mol. The Morgan fingerprint density at radius 2 is 2.11 bits per heavy atom. The molecule has 0 amide bonds. The van der Waals surface area contributed by atoms with Crippen molar-refractivity contribution in [2.75, 3.05) is 24.3 Å². The van der Waals surface area contributed by atoms with E-state index in [2.05, 4.69) is 26.2 Å². The van der Waals surface area contributed by atoms with Gasteiger partial charge in [0.05, 0.1) is 6.54 Å². The first-order valence-corrected chi connectivity index (χ1v) is 7.16. The molecule has 2 aromatic heterocycles. The van der Waals surface area contributed by atoms with Gasteiger partial charge < -0.3 is 10.2 Å². The lowest BCUT2D eigenvalue weighted by Crippen LogP contribution is -2.19. The molecule has 3 nitrogen and oxygen atoms in total. The third kappa shape index (κ3) is 3.22. The van der Waals surface area contributed by atoms with E-state index in [1.165, 1.54) is 0 Å². The van der Waals surface area contributed by atoms with Crippen molar-refractivity contribution >= 4 is 38.9 Å². The van der Waals surface area contributed by atoms with Gasteiger partial charge in [-0.3, -0.25) is 0 Å². The van der Waals surface area contributed by atoms with Crippen LogP contribution in [0, 0.1) is 11.6 Å². The maximum Gasteiger partial charge on any atom is 0.168 e. The summed E-state index contributed by atoms with van der Waals surface area (Å²) >= 11 is 4.93. The van der Waals surface area contributed by atoms with Gasteiger partial charge in [-0.15, -0.1) is 11.3 Å². The fourth-order valence-electron chi connectivity index (χ4n) is 1.65. The summed E-state index contributed by atoms with van der Waals surface area (Å²) in [5.41, 5.74) is 0. The molecule has 0 aliphatic heterocycles. The minimum absolute atomic E-state index is 0.0376. The molecule has 0 spiro atoms. The van der Waals surface area contributed by atoms with Crippen molar-refractivity contribution in [3.8, 4) is 0 Å². The number of pyridine rings is 1. The van der Waals surface area contributed by atoms with Crippen molar-refractivity contribution in [2.24, 2.45) is 0 Å². The van der Waals surface area contributed by atoms with Gasteiger partial charge in [-0.2, -0.15) is 0 Å². The molecular weight excluding hydrogens is 336 g/mol. The van der Waals surface area contributed by atoms with Crippen LogP contribution < -0.4 is 10.2 Å². The van der Waals surface area contributed by atoms with Crippen molar-refractivity contribution in [3.05, 3.63) is 38.5 Å². The molecule has 19 heavy (non-hydrogen) atoms. The SMILES string of the molecule is CNc1nc(N(C)Cc2cc(Br)cs2)c(F)cc1F. The lowest BCUT2D eigenvalue weighted by molar-refractivity contribution is 0.573. The number of nitrogens with zero attached hydrogens (tertiary/aromatic N) is 2. The highest BCUT2D eigenvalue weighted by Gasteiger charge is 2.15. The number of nitrogens with one attached hydrogen (secondary N) is 1. The van der Waals surface area contributed by atoms with Crippen LogP contribution >= 0.6 is 27.3 Å². The monoisotopic (exact) mass is 347 g/mol. The van der Waals surface area contributed by atoms with E-state index in [0.717, 1.165) is 15.4 Å². The third-order valence-electron chi connectivity index (χ3n) is 2.52. The van der Waals surface area contributed by atoms with Crippen LogP contribution in [0.2, 0.25) is 0 Å². The van der Waals surface area contributed by atoms with Crippen LogP contribution in [0.15, 0.2) is 22.0 Å². The molecule has 0 unspecified atom stereocenters. The van der Waals surface area contributed by atoms with Gasteiger partial charge in [-0.25, -0.2) is 13.8 Å². The summed E-state index contributed by atoms with van der Waals surface area (Å²) in [5.74, 6) is -1.21. The first kappa shape index (κ1) is 14.2. The van der Waals surface area contributed by atoms with Crippen LogP contribution in [0.4, 0.5) is 20.4 Å². The zero-order valence-corrected chi connectivity index (χ0v) is 12.8. The number of aromatic nitrogens is 1. The third-order valence-corrected chi connectivity index (χ3v) is 4.21. The van der Waals surface area contributed by atoms with Gasteiger partial charge in [0.1, 0.15) is 0 Å². The predicted octanol–water partition coefficient (Wildman–Crippen LogP) is 3.86. The van der Waals surface area contributed by atoms with E-state index >= 15 is 0 Å². The van der Waals surface area contributed by atoms with Gasteiger partial charge in [-0.05, 0) is 22.0 Å². The normalized spacial score (nSPS) is 10.6. The highest BCUT2D eigenvalue weighted by atomic mass is 79.9. The van der Waals surface area contributed by atoms with Crippen molar-refractivity contribution in [1.82, 2.24) is 4.98 Å². The molecule has 0 aliphatic rings. The Labute approximate surface area is 122 Å². The summed E-state index contributed by atoms with van der Waals surface area (Å²) in [6, 6.07) is 2.80. The van der Waals surface area contributed by atoms with Crippen LogP contribution in [0.5, 0.6) is 0 Å². The van der Waals surface area contributed by atoms with Crippen LogP contribution in [0.25, 0.3) is 0 Å². The standard InChI is InChI=1S/C12H12BrF2N3S/c1-16-11-9(14)4-10(15)12(17-11)18(2)5-8-3-7(13)6-19-8/h3-4,6H,5H2,1-2H3,(H,16,17). The summed E-state index contributed by atoms with van der Waals surface area (Å²) in [6.07, 6.45) is 0. The molecule has 0 atom stereocenters. The maximum absolute atomic E-state index is 13.7. The molecule has 0 aromatic carbocycles. The largest absolute Gasteiger partial charge is 0.371 e. The lowest BCUT2D eigenvalue weighted by Gasteiger charge is -2.18. The van der Waals surface area contributed by atoms with Crippen LogP contribution in [-0.2, 0) is 6.54 Å². The van der Waals surface area contributed by atoms with Crippen LogP contribution in [0.3, 0.4) is 0 Å². The Hall–Kier alpha value is -1.21. The van der Waals surface area contributed by atoms with E-state index in [1.54, 1.807) is 30.3 Å². The van der Waals surface area contributed by atoms with E-state index in [4.69, 9.17) is 0 Å². The van der Waals surface area contributed by atoms with E-state index in [-0.39, 0.29) is 11.6 Å². The van der Waals surface area contributed by atoms with Gasteiger partial charge in [0, 0.05) is 34.9 Å². The Morgan fingerprint density at radius 1 is 1.37 bits per heavy atom. The molecule has 0 bridgehead atoms. The summed E-state index contributed by atoms with van der Waals surface area (Å²) in [5, 5.41) is 4.56. The van der Waals surface area contributed by atoms with E-state index < -0.39 is 11.6 Å². The smallest absolute Gasteiger partial charge is 0.168 e. The fourth-order valence-corrected chi connectivity index (χ4v) is 3.15. The topological polar surface area (TPSA) is 28.2 Å². The van der Waals surface area contributed by atoms with Crippen molar-refractivity contribution in [3.63, 3.8) is 0 Å². The van der Waals surface area contributed by atoms with Crippen molar-refractivity contribution < 1.29 is 8.78 Å². The van der Waals surface area contributed by atoms with Crippen molar-refractivity contribution in [2.45, 2.75) is 6.54 Å². The lowest BCUT2D eigenvalue weighted by atomic mass is 10.3. The van der Waals surface area contributed by atoms with Gasteiger partial charge >= 0.3 is 0 Å². The van der Waals surface area contributed by atoms with Gasteiger partial charge in [0.15, 0.2) is 23.3 Å². The highest BCUT2D eigenvalue weighted by molar-refractivity contribution is 9.10. The quantitative estimate of drug-likeness (QED) is 0.910. The Bertz CT molecular complexity index is 588. The molecule has 0 saturated carbocycles. The summed E-state index contributed by atoms with van der Waals surface area (Å²) in [6.45, 7) is 0.509. The summed E-state index contributed by atoms with van der Waals surface area (Å²) in [4.78, 5) is 6.66. The van der Waals surface area contributed by atoms with Crippen molar-refractivity contribution in [1.29, 1.82) is 0 Å². The maximum atomic E-state index is 13.7. The molecule has 7 heteroatoms. The molecule has 2 heterocycles. The summed E-state index contributed by atoms with van der Waals surface area (Å²) < 4.78 is 28.1.